The van der Waals surface area contributed by atoms with Gasteiger partial charge in [-0.15, -0.1) is 10.2 Å². The van der Waals surface area contributed by atoms with Crippen molar-refractivity contribution in [1.82, 2.24) is 10.2 Å². The molecule has 0 spiro atoms. The highest BCUT2D eigenvalue weighted by Crippen LogP contribution is 2.23. The molecule has 6 heteroatoms. The second-order valence-electron chi connectivity index (χ2n) is 6.63. The Kier molecular flexibility index (Phi) is 5.48. The summed E-state index contributed by atoms with van der Waals surface area (Å²) in [6, 6.07) is 24.6. The first kappa shape index (κ1) is 19.3. The van der Waals surface area contributed by atoms with Crippen LogP contribution in [0.1, 0.15) is 45.2 Å². The van der Waals surface area contributed by atoms with Gasteiger partial charge in [0, 0.05) is 16.7 Å². The van der Waals surface area contributed by atoms with Gasteiger partial charge in [-0.3, -0.25) is 4.79 Å². The van der Waals surface area contributed by atoms with Crippen LogP contribution in [-0.2, 0) is 4.74 Å². The van der Waals surface area contributed by atoms with Gasteiger partial charge in [-0.2, -0.15) is 0 Å². The Balaban J connectivity index is 1.42. The Morgan fingerprint density at radius 2 is 1.33 bits per heavy atom. The summed E-state index contributed by atoms with van der Waals surface area (Å²) in [6.07, 6.45) is -0.715. The number of carbonyl (C=O) groups is 2. The van der Waals surface area contributed by atoms with E-state index in [1.807, 2.05) is 36.4 Å². The van der Waals surface area contributed by atoms with E-state index in [4.69, 9.17) is 9.15 Å². The lowest BCUT2D eigenvalue weighted by Crippen LogP contribution is -2.10. The number of hydrogen-bond donors (Lipinski definition) is 0. The lowest BCUT2D eigenvalue weighted by Gasteiger charge is -2.09. The van der Waals surface area contributed by atoms with Gasteiger partial charge in [0.2, 0.25) is 5.89 Å². The zero-order chi connectivity index (χ0) is 20.9. The van der Waals surface area contributed by atoms with Crippen molar-refractivity contribution in [2.75, 3.05) is 0 Å². The molecule has 0 unspecified atom stereocenters. The molecule has 0 fully saturated rings. The molecule has 1 aromatic heterocycles. The SMILES string of the molecule is C[C@H](OC(=O)c1ccc(C(=O)c2ccccc2)cc1)c1nnc(-c2ccccc2)o1. The third-order valence-corrected chi connectivity index (χ3v) is 4.51. The number of benzene rings is 3. The van der Waals surface area contributed by atoms with Crippen LogP contribution in [0.15, 0.2) is 89.3 Å². The molecule has 0 amide bonds. The first-order valence-corrected chi connectivity index (χ1v) is 9.41. The number of ether oxygens (including phenoxy) is 1. The zero-order valence-corrected chi connectivity index (χ0v) is 16.2. The van der Waals surface area contributed by atoms with E-state index in [1.165, 1.54) is 0 Å². The maximum Gasteiger partial charge on any atom is 0.338 e. The summed E-state index contributed by atoms with van der Waals surface area (Å²) in [4.78, 5) is 24.9. The predicted molar refractivity (Wildman–Crippen MR) is 110 cm³/mol. The van der Waals surface area contributed by atoms with Gasteiger partial charge in [-0.25, -0.2) is 4.79 Å². The van der Waals surface area contributed by atoms with Gasteiger partial charge < -0.3 is 9.15 Å². The van der Waals surface area contributed by atoms with Gasteiger partial charge in [0.1, 0.15) is 0 Å². The Morgan fingerprint density at radius 1 is 0.767 bits per heavy atom. The van der Waals surface area contributed by atoms with Crippen LogP contribution in [0.2, 0.25) is 0 Å². The minimum atomic E-state index is -0.715. The first-order chi connectivity index (χ1) is 14.6. The summed E-state index contributed by atoms with van der Waals surface area (Å²) in [5.41, 5.74) is 2.20. The van der Waals surface area contributed by atoms with E-state index in [-0.39, 0.29) is 11.7 Å². The number of ketones is 1. The van der Waals surface area contributed by atoms with E-state index in [1.54, 1.807) is 55.5 Å². The lowest BCUT2D eigenvalue weighted by molar-refractivity contribution is 0.0279. The number of hydrogen-bond acceptors (Lipinski definition) is 6. The monoisotopic (exact) mass is 398 g/mol. The Morgan fingerprint density at radius 3 is 2.00 bits per heavy atom. The summed E-state index contributed by atoms with van der Waals surface area (Å²) in [6.45, 7) is 1.66. The van der Waals surface area contributed by atoms with E-state index in [0.29, 0.717) is 22.6 Å². The minimum Gasteiger partial charge on any atom is -0.449 e. The van der Waals surface area contributed by atoms with Gasteiger partial charge in [-0.05, 0) is 31.2 Å². The lowest BCUT2D eigenvalue weighted by atomic mass is 10.0. The van der Waals surface area contributed by atoms with E-state index in [0.717, 1.165) is 5.56 Å². The third-order valence-electron chi connectivity index (χ3n) is 4.51. The molecule has 4 rings (SSSR count). The van der Waals surface area contributed by atoms with Crippen molar-refractivity contribution < 1.29 is 18.7 Å². The summed E-state index contributed by atoms with van der Waals surface area (Å²) >= 11 is 0. The van der Waals surface area contributed by atoms with Crippen molar-refractivity contribution in [2.24, 2.45) is 0 Å². The fourth-order valence-electron chi connectivity index (χ4n) is 2.89. The van der Waals surface area contributed by atoms with Crippen molar-refractivity contribution in [1.29, 1.82) is 0 Å². The number of rotatable bonds is 6. The van der Waals surface area contributed by atoms with Crippen molar-refractivity contribution in [3.8, 4) is 11.5 Å². The van der Waals surface area contributed by atoms with Crippen LogP contribution in [0, 0.1) is 0 Å². The van der Waals surface area contributed by atoms with Gasteiger partial charge >= 0.3 is 5.97 Å². The largest absolute Gasteiger partial charge is 0.449 e. The number of esters is 1. The molecule has 0 aliphatic heterocycles. The molecule has 1 heterocycles. The van der Waals surface area contributed by atoms with Gasteiger partial charge in [-0.1, -0.05) is 60.7 Å². The average molecular weight is 398 g/mol. The molecule has 0 bridgehead atoms. The molecule has 0 N–H and O–H groups in total. The molecule has 30 heavy (non-hydrogen) atoms. The molecule has 0 saturated carbocycles. The second-order valence-corrected chi connectivity index (χ2v) is 6.63. The molecular weight excluding hydrogens is 380 g/mol. The van der Waals surface area contributed by atoms with Crippen molar-refractivity contribution in [2.45, 2.75) is 13.0 Å². The predicted octanol–water partition coefficient (Wildman–Crippen LogP) is 4.89. The summed E-state index contributed by atoms with van der Waals surface area (Å²) in [7, 11) is 0. The summed E-state index contributed by atoms with van der Waals surface area (Å²) in [5, 5.41) is 7.97. The number of aromatic nitrogens is 2. The molecular formula is C24H18N2O4. The first-order valence-electron chi connectivity index (χ1n) is 9.41. The standard InChI is InChI=1S/C24H18N2O4/c1-16(22-25-26-23(30-22)19-10-6-3-7-11-19)29-24(28)20-14-12-18(13-15-20)21(27)17-8-4-2-5-9-17/h2-16H,1H3/t16-/m0/s1. The van der Waals surface area contributed by atoms with E-state index >= 15 is 0 Å². The molecule has 148 valence electrons. The van der Waals surface area contributed by atoms with Crippen molar-refractivity contribution in [3.05, 3.63) is 108 Å². The van der Waals surface area contributed by atoms with Crippen molar-refractivity contribution in [3.63, 3.8) is 0 Å². The molecule has 6 nitrogen and oxygen atoms in total. The Hall–Kier alpha value is -4.06. The van der Waals surface area contributed by atoms with Crippen LogP contribution in [0.25, 0.3) is 11.5 Å². The molecule has 4 aromatic rings. The van der Waals surface area contributed by atoms with E-state index in [9.17, 15) is 9.59 Å². The highest BCUT2D eigenvalue weighted by atomic mass is 16.6. The highest BCUT2D eigenvalue weighted by molar-refractivity contribution is 6.09. The molecule has 3 aromatic carbocycles. The second kappa shape index (κ2) is 8.53. The van der Waals surface area contributed by atoms with Crippen LogP contribution in [0.3, 0.4) is 0 Å². The molecule has 0 saturated heterocycles. The average Bonchev–Trinajstić information content (AvgIpc) is 3.30. The van der Waals surface area contributed by atoms with Gasteiger partial charge in [0.25, 0.3) is 5.89 Å². The van der Waals surface area contributed by atoms with Crippen LogP contribution in [0.5, 0.6) is 0 Å². The van der Waals surface area contributed by atoms with Crippen LogP contribution in [0.4, 0.5) is 0 Å². The maximum absolute atomic E-state index is 12.5. The highest BCUT2D eigenvalue weighted by Gasteiger charge is 2.20. The molecule has 0 aliphatic rings. The minimum absolute atomic E-state index is 0.108. The fourth-order valence-corrected chi connectivity index (χ4v) is 2.89. The normalized spacial score (nSPS) is 11.6. The topological polar surface area (TPSA) is 82.3 Å². The number of carbonyl (C=O) groups excluding carboxylic acids is 2. The van der Waals surface area contributed by atoms with E-state index in [2.05, 4.69) is 10.2 Å². The maximum atomic E-state index is 12.5. The van der Waals surface area contributed by atoms with Gasteiger partial charge in [0.15, 0.2) is 11.9 Å². The quantitative estimate of drug-likeness (QED) is 0.340. The zero-order valence-electron chi connectivity index (χ0n) is 16.2. The fraction of sp³-hybridized carbons (Fsp3) is 0.0833. The summed E-state index contributed by atoms with van der Waals surface area (Å²) in [5.74, 6) is -0.0841. The summed E-state index contributed by atoms with van der Waals surface area (Å²) < 4.78 is 11.1. The van der Waals surface area contributed by atoms with E-state index < -0.39 is 12.1 Å². The van der Waals surface area contributed by atoms with Gasteiger partial charge in [0.05, 0.1) is 5.56 Å². The number of nitrogens with zero attached hydrogens (tertiary/aromatic N) is 2. The third kappa shape index (κ3) is 4.17. The van der Waals surface area contributed by atoms with Crippen LogP contribution in [-0.4, -0.2) is 21.9 Å². The van der Waals surface area contributed by atoms with Crippen LogP contribution >= 0.6 is 0 Å². The van der Waals surface area contributed by atoms with Crippen LogP contribution < -0.4 is 0 Å². The molecule has 0 radical (unpaired) electrons. The van der Waals surface area contributed by atoms with Crippen molar-refractivity contribution >= 4 is 11.8 Å². The smallest absolute Gasteiger partial charge is 0.338 e. The molecule has 1 atom stereocenters. The Labute approximate surface area is 173 Å². The Bertz CT molecular complexity index is 1150. The molecule has 0 aliphatic carbocycles.